The molecule has 12 heavy (non-hydrogen) atoms. The van der Waals surface area contributed by atoms with E-state index in [-0.39, 0.29) is 6.10 Å². The Morgan fingerprint density at radius 3 is 2.17 bits per heavy atom. The van der Waals surface area contributed by atoms with Gasteiger partial charge in [-0.2, -0.15) is 0 Å². The molecule has 0 spiro atoms. The van der Waals surface area contributed by atoms with Crippen molar-refractivity contribution in [2.75, 3.05) is 6.61 Å². The summed E-state index contributed by atoms with van der Waals surface area (Å²) in [4.78, 5) is 0. The zero-order valence-corrected chi connectivity index (χ0v) is 8.37. The molecule has 0 aromatic rings. The monoisotopic (exact) mass is 176 g/mol. The SMILES string of the molecule is CC(C)OCC(O)CC(C)(C)O. The molecule has 0 aliphatic rings. The van der Waals surface area contributed by atoms with E-state index >= 15 is 0 Å². The predicted molar refractivity (Wildman–Crippen MR) is 48.0 cm³/mol. The summed E-state index contributed by atoms with van der Waals surface area (Å²) in [6.07, 6.45) is -0.103. The molecule has 0 heterocycles. The van der Waals surface area contributed by atoms with Gasteiger partial charge in [-0.3, -0.25) is 0 Å². The second kappa shape index (κ2) is 4.80. The Bertz CT molecular complexity index is 115. The first-order chi connectivity index (χ1) is 5.31. The Balaban J connectivity index is 3.53. The standard InChI is InChI=1S/C9H20O3/c1-7(2)12-6-8(10)5-9(3,4)11/h7-8,10-11H,5-6H2,1-4H3. The minimum Gasteiger partial charge on any atom is -0.391 e. The lowest BCUT2D eigenvalue weighted by atomic mass is 10.0. The summed E-state index contributed by atoms with van der Waals surface area (Å²) in [6.45, 7) is 7.46. The third-order valence-corrected chi connectivity index (χ3v) is 1.36. The average molecular weight is 176 g/mol. The van der Waals surface area contributed by atoms with Gasteiger partial charge in [-0.1, -0.05) is 0 Å². The first-order valence-corrected chi connectivity index (χ1v) is 4.33. The smallest absolute Gasteiger partial charge is 0.0800 e. The van der Waals surface area contributed by atoms with Gasteiger partial charge >= 0.3 is 0 Å². The summed E-state index contributed by atoms with van der Waals surface area (Å²) in [7, 11) is 0. The maximum absolute atomic E-state index is 9.35. The highest BCUT2D eigenvalue weighted by molar-refractivity contribution is 4.70. The van der Waals surface area contributed by atoms with Crippen molar-refractivity contribution >= 4 is 0 Å². The molecule has 74 valence electrons. The van der Waals surface area contributed by atoms with Crippen LogP contribution in [-0.2, 0) is 4.74 Å². The van der Waals surface area contributed by atoms with Gasteiger partial charge in [0, 0.05) is 6.42 Å². The summed E-state index contributed by atoms with van der Waals surface area (Å²) in [5.41, 5.74) is -0.820. The molecule has 0 aliphatic carbocycles. The van der Waals surface area contributed by atoms with E-state index in [9.17, 15) is 10.2 Å². The van der Waals surface area contributed by atoms with Crippen LogP contribution in [-0.4, -0.2) is 34.6 Å². The van der Waals surface area contributed by atoms with Crippen molar-refractivity contribution in [2.24, 2.45) is 0 Å². The van der Waals surface area contributed by atoms with Crippen LogP contribution in [0.2, 0.25) is 0 Å². The number of aliphatic hydroxyl groups is 2. The number of ether oxygens (including phenoxy) is 1. The summed E-state index contributed by atoms with van der Waals surface area (Å²) in [6, 6.07) is 0. The molecule has 0 rings (SSSR count). The molecule has 0 aliphatic heterocycles. The predicted octanol–water partition coefficient (Wildman–Crippen LogP) is 0.933. The van der Waals surface area contributed by atoms with Gasteiger partial charge in [0.1, 0.15) is 0 Å². The quantitative estimate of drug-likeness (QED) is 0.655. The van der Waals surface area contributed by atoms with Crippen LogP contribution < -0.4 is 0 Å². The topological polar surface area (TPSA) is 49.7 Å². The van der Waals surface area contributed by atoms with Gasteiger partial charge in [-0.15, -0.1) is 0 Å². The van der Waals surface area contributed by atoms with Crippen LogP contribution in [0, 0.1) is 0 Å². The fourth-order valence-electron chi connectivity index (χ4n) is 0.939. The van der Waals surface area contributed by atoms with Gasteiger partial charge < -0.3 is 14.9 Å². The Morgan fingerprint density at radius 1 is 1.33 bits per heavy atom. The normalized spacial score (nSPS) is 15.2. The minimum absolute atomic E-state index is 0.126. The Labute approximate surface area is 74.4 Å². The third kappa shape index (κ3) is 7.98. The first kappa shape index (κ1) is 11.9. The van der Waals surface area contributed by atoms with E-state index < -0.39 is 11.7 Å². The Kier molecular flexibility index (Phi) is 4.75. The third-order valence-electron chi connectivity index (χ3n) is 1.36. The summed E-state index contributed by atoms with van der Waals surface area (Å²) in [5.74, 6) is 0. The van der Waals surface area contributed by atoms with E-state index in [2.05, 4.69) is 0 Å². The van der Waals surface area contributed by atoms with E-state index in [1.54, 1.807) is 13.8 Å². The molecule has 3 heteroatoms. The van der Waals surface area contributed by atoms with Gasteiger partial charge in [0.2, 0.25) is 0 Å². The van der Waals surface area contributed by atoms with E-state index in [4.69, 9.17) is 4.74 Å². The molecule has 0 aromatic heterocycles. The Hall–Kier alpha value is -0.120. The summed E-state index contributed by atoms with van der Waals surface area (Å²) in [5, 5.41) is 18.7. The zero-order valence-electron chi connectivity index (χ0n) is 8.37. The molecule has 1 atom stereocenters. The number of hydrogen-bond donors (Lipinski definition) is 2. The molecular weight excluding hydrogens is 156 g/mol. The molecule has 0 saturated carbocycles. The summed E-state index contributed by atoms with van der Waals surface area (Å²) < 4.78 is 5.19. The van der Waals surface area contributed by atoms with Crippen molar-refractivity contribution in [1.29, 1.82) is 0 Å². The molecule has 0 amide bonds. The van der Waals surface area contributed by atoms with Crippen LogP contribution in [0.1, 0.15) is 34.1 Å². The first-order valence-electron chi connectivity index (χ1n) is 4.33. The summed E-state index contributed by atoms with van der Waals surface area (Å²) >= 11 is 0. The van der Waals surface area contributed by atoms with E-state index in [0.717, 1.165) is 0 Å². The largest absolute Gasteiger partial charge is 0.391 e. The van der Waals surface area contributed by atoms with E-state index in [1.807, 2.05) is 13.8 Å². The molecule has 1 unspecified atom stereocenters. The van der Waals surface area contributed by atoms with E-state index in [1.165, 1.54) is 0 Å². The molecule has 0 bridgehead atoms. The van der Waals surface area contributed by atoms with Crippen molar-refractivity contribution in [2.45, 2.75) is 51.9 Å². The van der Waals surface area contributed by atoms with Gasteiger partial charge in [0.25, 0.3) is 0 Å². The molecule has 3 nitrogen and oxygen atoms in total. The fourth-order valence-corrected chi connectivity index (χ4v) is 0.939. The molecule has 0 aromatic carbocycles. The van der Waals surface area contributed by atoms with Crippen LogP contribution in [0.3, 0.4) is 0 Å². The van der Waals surface area contributed by atoms with Gasteiger partial charge in [-0.25, -0.2) is 0 Å². The Morgan fingerprint density at radius 2 is 1.83 bits per heavy atom. The maximum Gasteiger partial charge on any atom is 0.0800 e. The van der Waals surface area contributed by atoms with Crippen molar-refractivity contribution in [3.8, 4) is 0 Å². The molecule has 0 fully saturated rings. The molecule has 2 N–H and O–H groups in total. The zero-order chi connectivity index (χ0) is 9.78. The van der Waals surface area contributed by atoms with Crippen LogP contribution in [0.15, 0.2) is 0 Å². The van der Waals surface area contributed by atoms with E-state index in [0.29, 0.717) is 13.0 Å². The highest BCUT2D eigenvalue weighted by Gasteiger charge is 2.18. The van der Waals surface area contributed by atoms with Gasteiger partial charge in [0.15, 0.2) is 0 Å². The second-order valence-electron chi connectivity index (χ2n) is 4.05. The molecule has 0 saturated heterocycles. The number of rotatable bonds is 5. The lowest BCUT2D eigenvalue weighted by Gasteiger charge is -2.21. The van der Waals surface area contributed by atoms with Gasteiger partial charge in [0.05, 0.1) is 24.4 Å². The highest BCUT2D eigenvalue weighted by atomic mass is 16.5. The lowest BCUT2D eigenvalue weighted by Crippen LogP contribution is -2.29. The fraction of sp³-hybridized carbons (Fsp3) is 1.00. The molecule has 0 radical (unpaired) electrons. The lowest BCUT2D eigenvalue weighted by molar-refractivity contribution is -0.0368. The number of aliphatic hydroxyl groups excluding tert-OH is 1. The molecular formula is C9H20O3. The van der Waals surface area contributed by atoms with Crippen molar-refractivity contribution in [1.82, 2.24) is 0 Å². The van der Waals surface area contributed by atoms with Crippen LogP contribution in [0.25, 0.3) is 0 Å². The van der Waals surface area contributed by atoms with Crippen molar-refractivity contribution < 1.29 is 14.9 Å². The minimum atomic E-state index is -0.820. The van der Waals surface area contributed by atoms with Crippen LogP contribution >= 0.6 is 0 Å². The highest BCUT2D eigenvalue weighted by Crippen LogP contribution is 2.11. The number of hydrogen-bond acceptors (Lipinski definition) is 3. The van der Waals surface area contributed by atoms with Crippen molar-refractivity contribution in [3.05, 3.63) is 0 Å². The van der Waals surface area contributed by atoms with Crippen LogP contribution in [0.5, 0.6) is 0 Å². The maximum atomic E-state index is 9.35. The average Bonchev–Trinajstić information content (AvgIpc) is 1.79. The van der Waals surface area contributed by atoms with Gasteiger partial charge in [-0.05, 0) is 27.7 Å². The second-order valence-corrected chi connectivity index (χ2v) is 4.05. The van der Waals surface area contributed by atoms with Crippen LogP contribution in [0.4, 0.5) is 0 Å². The van der Waals surface area contributed by atoms with Crippen molar-refractivity contribution in [3.63, 3.8) is 0 Å².